The van der Waals surface area contributed by atoms with E-state index < -0.39 is 0 Å². The van der Waals surface area contributed by atoms with Crippen molar-refractivity contribution in [1.29, 1.82) is 0 Å². The Bertz CT molecular complexity index is 314. The molecule has 0 bridgehead atoms. The number of anilines is 1. The third-order valence-electron chi connectivity index (χ3n) is 1.93. The Kier molecular flexibility index (Phi) is 2.77. The van der Waals surface area contributed by atoms with Crippen LogP contribution in [0.2, 0.25) is 5.02 Å². The average molecular weight is 263 g/mol. The highest BCUT2D eigenvalue weighted by Gasteiger charge is 2.17. The van der Waals surface area contributed by atoms with Crippen LogP contribution in [0.15, 0.2) is 22.7 Å². The first kappa shape index (κ1) is 9.31. The van der Waals surface area contributed by atoms with Crippen molar-refractivity contribution in [3.63, 3.8) is 0 Å². The van der Waals surface area contributed by atoms with Crippen LogP contribution >= 0.6 is 27.5 Å². The maximum Gasteiger partial charge on any atom is 0.0728 e. The van der Waals surface area contributed by atoms with Gasteiger partial charge in [-0.15, -0.1) is 0 Å². The molecule has 0 aliphatic carbocycles. The molecule has 1 aromatic carbocycles. The molecule has 1 heterocycles. The standard InChI is InChI=1S/C9H9BrClNO/c10-8-2-1-6(3-9(8)11)12-7-4-13-5-7/h1-3,7,12H,4-5H2. The third-order valence-corrected chi connectivity index (χ3v) is 3.16. The van der Waals surface area contributed by atoms with E-state index in [2.05, 4.69) is 21.2 Å². The van der Waals surface area contributed by atoms with Crippen LogP contribution in [0.1, 0.15) is 0 Å². The van der Waals surface area contributed by atoms with Gasteiger partial charge in [0.1, 0.15) is 0 Å². The number of hydrogen-bond donors (Lipinski definition) is 1. The van der Waals surface area contributed by atoms with E-state index in [1.807, 2.05) is 18.2 Å². The molecule has 4 heteroatoms. The highest BCUT2D eigenvalue weighted by Crippen LogP contribution is 2.26. The van der Waals surface area contributed by atoms with E-state index in [0.29, 0.717) is 6.04 Å². The number of hydrogen-bond acceptors (Lipinski definition) is 2. The van der Waals surface area contributed by atoms with Crippen molar-refractivity contribution >= 4 is 33.2 Å². The van der Waals surface area contributed by atoms with Crippen molar-refractivity contribution in [2.45, 2.75) is 6.04 Å². The fourth-order valence-corrected chi connectivity index (χ4v) is 1.57. The van der Waals surface area contributed by atoms with E-state index in [4.69, 9.17) is 16.3 Å². The van der Waals surface area contributed by atoms with Crippen molar-refractivity contribution < 1.29 is 4.74 Å². The molecule has 1 fully saturated rings. The second kappa shape index (κ2) is 3.86. The topological polar surface area (TPSA) is 21.3 Å². The van der Waals surface area contributed by atoms with E-state index in [1.165, 1.54) is 0 Å². The molecule has 0 radical (unpaired) electrons. The molecule has 0 unspecified atom stereocenters. The zero-order chi connectivity index (χ0) is 9.26. The van der Waals surface area contributed by atoms with Crippen molar-refractivity contribution in [3.05, 3.63) is 27.7 Å². The summed E-state index contributed by atoms with van der Waals surface area (Å²) >= 11 is 9.28. The molecule has 13 heavy (non-hydrogen) atoms. The lowest BCUT2D eigenvalue weighted by atomic mass is 10.2. The largest absolute Gasteiger partial charge is 0.378 e. The predicted octanol–water partition coefficient (Wildman–Crippen LogP) is 2.91. The first-order chi connectivity index (χ1) is 6.25. The lowest BCUT2D eigenvalue weighted by Gasteiger charge is -2.27. The van der Waals surface area contributed by atoms with Gasteiger partial charge in [-0.25, -0.2) is 0 Å². The van der Waals surface area contributed by atoms with Crippen LogP contribution in [-0.2, 0) is 4.74 Å². The molecule has 0 aromatic heterocycles. The summed E-state index contributed by atoms with van der Waals surface area (Å²) in [5.41, 5.74) is 1.04. The monoisotopic (exact) mass is 261 g/mol. The highest BCUT2D eigenvalue weighted by molar-refractivity contribution is 9.10. The summed E-state index contributed by atoms with van der Waals surface area (Å²) < 4.78 is 5.98. The number of benzene rings is 1. The van der Waals surface area contributed by atoms with Gasteiger partial charge in [0.15, 0.2) is 0 Å². The Balaban J connectivity index is 2.07. The summed E-state index contributed by atoms with van der Waals surface area (Å²) in [7, 11) is 0. The normalized spacial score (nSPS) is 16.8. The molecule has 1 aromatic rings. The first-order valence-corrected chi connectivity index (χ1v) is 5.22. The van der Waals surface area contributed by atoms with Gasteiger partial charge >= 0.3 is 0 Å². The predicted molar refractivity (Wildman–Crippen MR) is 57.4 cm³/mol. The smallest absolute Gasteiger partial charge is 0.0728 e. The van der Waals surface area contributed by atoms with Gasteiger partial charge in [-0.1, -0.05) is 11.6 Å². The van der Waals surface area contributed by atoms with Crippen LogP contribution < -0.4 is 5.32 Å². The van der Waals surface area contributed by atoms with Crippen molar-refractivity contribution in [3.8, 4) is 0 Å². The Morgan fingerprint density at radius 1 is 1.46 bits per heavy atom. The van der Waals surface area contributed by atoms with Crippen molar-refractivity contribution in [2.75, 3.05) is 18.5 Å². The van der Waals surface area contributed by atoms with Crippen LogP contribution in [0.4, 0.5) is 5.69 Å². The van der Waals surface area contributed by atoms with E-state index in [1.54, 1.807) is 0 Å². The zero-order valence-corrected chi connectivity index (χ0v) is 9.23. The van der Waals surface area contributed by atoms with Crippen LogP contribution in [0, 0.1) is 0 Å². The maximum atomic E-state index is 5.94. The van der Waals surface area contributed by atoms with Crippen molar-refractivity contribution in [1.82, 2.24) is 0 Å². The number of halogens is 2. The molecule has 0 amide bonds. The highest BCUT2D eigenvalue weighted by atomic mass is 79.9. The quantitative estimate of drug-likeness (QED) is 0.885. The van der Waals surface area contributed by atoms with E-state index in [0.717, 1.165) is 28.4 Å². The SMILES string of the molecule is Clc1cc(NC2COC2)ccc1Br. The van der Waals surface area contributed by atoms with Gasteiger partial charge in [0.2, 0.25) is 0 Å². The Labute approximate surface area is 90.4 Å². The van der Waals surface area contributed by atoms with Gasteiger partial charge in [0, 0.05) is 10.2 Å². The Hall–Kier alpha value is -0.250. The van der Waals surface area contributed by atoms with Gasteiger partial charge in [-0.2, -0.15) is 0 Å². The molecule has 70 valence electrons. The average Bonchev–Trinajstić information content (AvgIpc) is 2.04. The molecular formula is C9H9BrClNO. The Morgan fingerprint density at radius 3 is 2.77 bits per heavy atom. The molecule has 0 spiro atoms. The van der Waals surface area contributed by atoms with Crippen LogP contribution in [0.5, 0.6) is 0 Å². The minimum Gasteiger partial charge on any atom is -0.378 e. The fraction of sp³-hybridized carbons (Fsp3) is 0.333. The molecule has 0 atom stereocenters. The van der Waals surface area contributed by atoms with Gasteiger partial charge in [-0.3, -0.25) is 0 Å². The van der Waals surface area contributed by atoms with Crippen LogP contribution in [0.3, 0.4) is 0 Å². The lowest BCUT2D eigenvalue weighted by molar-refractivity contribution is 0.0211. The van der Waals surface area contributed by atoms with Gasteiger partial charge in [0.05, 0.1) is 24.3 Å². The van der Waals surface area contributed by atoms with Gasteiger partial charge in [0.25, 0.3) is 0 Å². The number of nitrogens with one attached hydrogen (secondary N) is 1. The summed E-state index contributed by atoms with van der Waals surface area (Å²) in [6, 6.07) is 6.28. The minimum atomic E-state index is 0.442. The van der Waals surface area contributed by atoms with Crippen LogP contribution in [0.25, 0.3) is 0 Å². The summed E-state index contributed by atoms with van der Waals surface area (Å²) in [5.74, 6) is 0. The minimum absolute atomic E-state index is 0.442. The summed E-state index contributed by atoms with van der Waals surface area (Å²) in [6.45, 7) is 1.57. The second-order valence-corrected chi connectivity index (χ2v) is 4.27. The van der Waals surface area contributed by atoms with E-state index >= 15 is 0 Å². The molecule has 1 N–H and O–H groups in total. The molecule has 0 saturated carbocycles. The van der Waals surface area contributed by atoms with Crippen LogP contribution in [-0.4, -0.2) is 19.3 Å². The molecule has 2 rings (SSSR count). The summed E-state index contributed by atoms with van der Waals surface area (Å²) in [6.07, 6.45) is 0. The summed E-state index contributed by atoms with van der Waals surface area (Å²) in [5, 5.41) is 4.04. The lowest BCUT2D eigenvalue weighted by Crippen LogP contribution is -2.40. The zero-order valence-electron chi connectivity index (χ0n) is 6.89. The van der Waals surface area contributed by atoms with Crippen molar-refractivity contribution in [2.24, 2.45) is 0 Å². The molecule has 2 nitrogen and oxygen atoms in total. The Morgan fingerprint density at radius 2 is 2.23 bits per heavy atom. The third kappa shape index (κ3) is 2.16. The van der Waals surface area contributed by atoms with E-state index in [-0.39, 0.29) is 0 Å². The second-order valence-electron chi connectivity index (χ2n) is 3.01. The fourth-order valence-electron chi connectivity index (χ4n) is 1.14. The maximum absolute atomic E-state index is 5.94. The molecule has 1 aliphatic heterocycles. The van der Waals surface area contributed by atoms with Gasteiger partial charge in [-0.05, 0) is 34.1 Å². The van der Waals surface area contributed by atoms with E-state index in [9.17, 15) is 0 Å². The van der Waals surface area contributed by atoms with Gasteiger partial charge < -0.3 is 10.1 Å². The first-order valence-electron chi connectivity index (χ1n) is 4.05. The molecule has 1 saturated heterocycles. The number of ether oxygens (including phenoxy) is 1. The number of rotatable bonds is 2. The summed E-state index contributed by atoms with van der Waals surface area (Å²) in [4.78, 5) is 0. The molecular weight excluding hydrogens is 253 g/mol. The molecule has 1 aliphatic rings.